The van der Waals surface area contributed by atoms with Gasteiger partial charge in [-0.3, -0.25) is 14.0 Å². The Hall–Kier alpha value is -3.39. The minimum absolute atomic E-state index is 0.0524. The van der Waals surface area contributed by atoms with Crippen LogP contribution in [0.1, 0.15) is 48.0 Å². The molecule has 0 radical (unpaired) electrons. The fourth-order valence-corrected chi connectivity index (χ4v) is 3.47. The van der Waals surface area contributed by atoms with Crippen LogP contribution in [0.2, 0.25) is 0 Å². The molecule has 3 aromatic rings. The summed E-state index contributed by atoms with van der Waals surface area (Å²) in [5.74, 6) is 0.621. The van der Waals surface area contributed by atoms with Crippen molar-refractivity contribution in [3.63, 3.8) is 0 Å². The van der Waals surface area contributed by atoms with Gasteiger partial charge in [-0.1, -0.05) is 38.1 Å². The van der Waals surface area contributed by atoms with Gasteiger partial charge in [0.1, 0.15) is 18.0 Å². The molecule has 0 unspecified atom stereocenters. The number of esters is 1. The van der Waals surface area contributed by atoms with E-state index < -0.39 is 0 Å². The van der Waals surface area contributed by atoms with Crippen molar-refractivity contribution in [2.75, 3.05) is 18.5 Å². The Balaban J connectivity index is 1.79. The maximum absolute atomic E-state index is 12.7. The third-order valence-electron chi connectivity index (χ3n) is 4.95. The van der Waals surface area contributed by atoms with Gasteiger partial charge in [-0.15, -0.1) is 0 Å². The first-order chi connectivity index (χ1) is 15.4. The number of nitrogens with one attached hydrogen (secondary N) is 2. The van der Waals surface area contributed by atoms with E-state index in [1.54, 1.807) is 25.3 Å². The zero-order valence-electron chi connectivity index (χ0n) is 18.9. The Labute approximate surface area is 188 Å². The van der Waals surface area contributed by atoms with Gasteiger partial charge in [0, 0.05) is 24.8 Å². The lowest BCUT2D eigenvalue weighted by atomic mass is 10.1. The van der Waals surface area contributed by atoms with Crippen molar-refractivity contribution in [1.82, 2.24) is 14.7 Å². The molecule has 1 aromatic carbocycles. The third kappa shape index (κ3) is 5.85. The Morgan fingerprint density at radius 1 is 1.19 bits per heavy atom. The Morgan fingerprint density at radius 2 is 1.97 bits per heavy atom. The average Bonchev–Trinajstić information content (AvgIpc) is 3.11. The molecular weight excluding hydrogens is 406 g/mol. The molecule has 0 saturated carbocycles. The summed E-state index contributed by atoms with van der Waals surface area (Å²) in [6.07, 6.45) is 2.54. The second kappa shape index (κ2) is 10.8. The van der Waals surface area contributed by atoms with E-state index in [1.165, 1.54) is 0 Å². The lowest BCUT2D eigenvalue weighted by Crippen LogP contribution is -2.23. The standard InChI is InChI=1S/C24H31N5O3/c1-4-32-22(30)15-26-23-20(10-16(2)3)28-21-12-19(8-9-29(21)23)24(31)27-14-18-7-5-6-17(11-18)13-25/h5-9,11-12,16,26H,4,10,13-15,25H2,1-3H3,(H,27,31). The summed E-state index contributed by atoms with van der Waals surface area (Å²) in [7, 11) is 0. The number of ether oxygens (including phenoxy) is 1. The molecule has 170 valence electrons. The minimum Gasteiger partial charge on any atom is -0.465 e. The van der Waals surface area contributed by atoms with Crippen LogP contribution in [0.25, 0.3) is 5.65 Å². The van der Waals surface area contributed by atoms with E-state index in [-0.39, 0.29) is 18.4 Å². The highest BCUT2D eigenvalue weighted by atomic mass is 16.5. The van der Waals surface area contributed by atoms with Crippen LogP contribution in [0, 0.1) is 5.92 Å². The fraction of sp³-hybridized carbons (Fsp3) is 0.375. The van der Waals surface area contributed by atoms with E-state index in [9.17, 15) is 9.59 Å². The van der Waals surface area contributed by atoms with Crippen molar-refractivity contribution in [1.29, 1.82) is 0 Å². The highest BCUT2D eigenvalue weighted by molar-refractivity contribution is 5.95. The molecule has 3 rings (SSSR count). The number of benzene rings is 1. The molecule has 0 spiro atoms. The maximum atomic E-state index is 12.7. The second-order valence-electron chi connectivity index (χ2n) is 8.01. The first kappa shape index (κ1) is 23.3. The molecule has 0 aliphatic heterocycles. The van der Waals surface area contributed by atoms with E-state index in [0.29, 0.717) is 36.8 Å². The Bertz CT molecular complexity index is 1090. The van der Waals surface area contributed by atoms with E-state index in [1.807, 2.05) is 28.7 Å². The van der Waals surface area contributed by atoms with Crippen molar-refractivity contribution in [2.24, 2.45) is 11.7 Å². The Morgan fingerprint density at radius 3 is 2.69 bits per heavy atom. The van der Waals surface area contributed by atoms with Crippen LogP contribution < -0.4 is 16.4 Å². The first-order valence-electron chi connectivity index (χ1n) is 10.9. The molecule has 0 fully saturated rings. The van der Waals surface area contributed by atoms with Gasteiger partial charge in [0.25, 0.3) is 5.91 Å². The number of anilines is 1. The topological polar surface area (TPSA) is 111 Å². The van der Waals surface area contributed by atoms with Crippen molar-refractivity contribution in [3.8, 4) is 0 Å². The summed E-state index contributed by atoms with van der Waals surface area (Å²) in [5, 5.41) is 6.09. The number of hydrogen-bond acceptors (Lipinski definition) is 6. The third-order valence-corrected chi connectivity index (χ3v) is 4.95. The largest absolute Gasteiger partial charge is 0.465 e. The van der Waals surface area contributed by atoms with Gasteiger partial charge in [0.15, 0.2) is 0 Å². The summed E-state index contributed by atoms with van der Waals surface area (Å²) in [5.41, 5.74) is 9.72. The molecule has 2 heterocycles. The number of carbonyl (C=O) groups excluding carboxylic acids is 2. The summed E-state index contributed by atoms with van der Waals surface area (Å²) >= 11 is 0. The minimum atomic E-state index is -0.326. The predicted molar refractivity (Wildman–Crippen MR) is 124 cm³/mol. The summed E-state index contributed by atoms with van der Waals surface area (Å²) in [4.78, 5) is 29.2. The van der Waals surface area contributed by atoms with Crippen LogP contribution in [-0.2, 0) is 29.0 Å². The fourth-order valence-electron chi connectivity index (χ4n) is 3.47. The first-order valence-corrected chi connectivity index (χ1v) is 10.9. The molecule has 0 aliphatic carbocycles. The van der Waals surface area contributed by atoms with Crippen molar-refractivity contribution in [2.45, 2.75) is 40.3 Å². The van der Waals surface area contributed by atoms with Crippen LogP contribution in [0.5, 0.6) is 0 Å². The monoisotopic (exact) mass is 437 g/mol. The number of fused-ring (bicyclic) bond motifs is 1. The zero-order valence-corrected chi connectivity index (χ0v) is 18.9. The number of hydrogen-bond donors (Lipinski definition) is 3. The molecular formula is C24H31N5O3. The van der Waals surface area contributed by atoms with Crippen molar-refractivity contribution in [3.05, 3.63) is 65.0 Å². The van der Waals surface area contributed by atoms with Crippen molar-refractivity contribution >= 4 is 23.3 Å². The number of nitrogens with two attached hydrogens (primary N) is 1. The summed E-state index contributed by atoms with van der Waals surface area (Å²) in [6.45, 7) is 7.26. The number of aromatic nitrogens is 2. The van der Waals surface area contributed by atoms with Crippen LogP contribution in [0.15, 0.2) is 42.6 Å². The molecule has 8 nitrogen and oxygen atoms in total. The van der Waals surface area contributed by atoms with Crippen LogP contribution in [0.3, 0.4) is 0 Å². The highest BCUT2D eigenvalue weighted by Gasteiger charge is 2.16. The average molecular weight is 438 g/mol. The number of imidazole rings is 1. The second-order valence-corrected chi connectivity index (χ2v) is 8.01. The molecule has 0 aliphatic rings. The molecule has 0 atom stereocenters. The lowest BCUT2D eigenvalue weighted by Gasteiger charge is -2.10. The Kier molecular flexibility index (Phi) is 7.83. The van der Waals surface area contributed by atoms with Gasteiger partial charge in [-0.2, -0.15) is 0 Å². The number of amides is 1. The molecule has 0 saturated heterocycles. The quantitative estimate of drug-likeness (QED) is 0.421. The number of carbonyl (C=O) groups is 2. The summed E-state index contributed by atoms with van der Waals surface area (Å²) < 4.78 is 6.87. The predicted octanol–water partition coefficient (Wildman–Crippen LogP) is 2.90. The zero-order chi connectivity index (χ0) is 23.1. The molecule has 2 aromatic heterocycles. The maximum Gasteiger partial charge on any atom is 0.325 e. The van der Waals surface area contributed by atoms with E-state index in [4.69, 9.17) is 15.5 Å². The number of nitrogens with zero attached hydrogens (tertiary/aromatic N) is 2. The van der Waals surface area contributed by atoms with Crippen LogP contribution in [0.4, 0.5) is 5.82 Å². The smallest absolute Gasteiger partial charge is 0.325 e. The highest BCUT2D eigenvalue weighted by Crippen LogP contribution is 2.22. The van der Waals surface area contributed by atoms with E-state index in [2.05, 4.69) is 24.5 Å². The van der Waals surface area contributed by atoms with Gasteiger partial charge < -0.3 is 21.1 Å². The van der Waals surface area contributed by atoms with Gasteiger partial charge in [-0.25, -0.2) is 4.98 Å². The van der Waals surface area contributed by atoms with Gasteiger partial charge in [0.2, 0.25) is 0 Å². The molecule has 32 heavy (non-hydrogen) atoms. The molecule has 8 heteroatoms. The van der Waals surface area contributed by atoms with Gasteiger partial charge in [0.05, 0.1) is 12.3 Å². The van der Waals surface area contributed by atoms with Gasteiger partial charge in [-0.05, 0) is 42.5 Å². The number of pyridine rings is 1. The number of rotatable bonds is 10. The molecule has 1 amide bonds. The normalized spacial score (nSPS) is 11.0. The summed E-state index contributed by atoms with van der Waals surface area (Å²) in [6, 6.07) is 11.3. The van der Waals surface area contributed by atoms with Crippen molar-refractivity contribution < 1.29 is 14.3 Å². The van der Waals surface area contributed by atoms with E-state index >= 15 is 0 Å². The molecule has 4 N–H and O–H groups in total. The lowest BCUT2D eigenvalue weighted by molar-refractivity contribution is -0.140. The SMILES string of the molecule is CCOC(=O)CNc1c(CC(C)C)nc2cc(C(=O)NCc3cccc(CN)c3)ccn12. The van der Waals surface area contributed by atoms with E-state index in [0.717, 1.165) is 29.1 Å². The van der Waals surface area contributed by atoms with Crippen LogP contribution >= 0.6 is 0 Å². The van der Waals surface area contributed by atoms with Gasteiger partial charge >= 0.3 is 5.97 Å². The van der Waals surface area contributed by atoms with Crippen LogP contribution in [-0.4, -0.2) is 34.4 Å². The molecule has 0 bridgehead atoms.